The maximum absolute atomic E-state index is 11.6. The minimum atomic E-state index is -0.556. The molecule has 0 radical (unpaired) electrons. The van der Waals surface area contributed by atoms with E-state index in [0.717, 1.165) is 0 Å². The highest BCUT2D eigenvalue weighted by molar-refractivity contribution is 5.81. The summed E-state index contributed by atoms with van der Waals surface area (Å²) >= 11 is 0. The number of nitrogens with zero attached hydrogens (tertiary/aromatic N) is 2. The van der Waals surface area contributed by atoms with Gasteiger partial charge in [-0.25, -0.2) is 0 Å². The van der Waals surface area contributed by atoms with E-state index in [0.29, 0.717) is 16.8 Å². The minimum Gasteiger partial charge on any atom is -0.494 e. The van der Waals surface area contributed by atoms with E-state index >= 15 is 0 Å². The standard InChI is InChI=1S/C11H12N2O3/c1-12-7-5-4-6-8(16-3)9(7)13(2)11(15)10(12)14/h4-6H,1-3H3. The van der Waals surface area contributed by atoms with Gasteiger partial charge < -0.3 is 13.9 Å². The highest BCUT2D eigenvalue weighted by Gasteiger charge is 2.11. The molecule has 0 amide bonds. The number of aromatic nitrogens is 2. The summed E-state index contributed by atoms with van der Waals surface area (Å²) in [6.07, 6.45) is 0. The van der Waals surface area contributed by atoms with Crippen molar-refractivity contribution in [2.75, 3.05) is 7.11 Å². The highest BCUT2D eigenvalue weighted by Crippen LogP contribution is 2.21. The van der Waals surface area contributed by atoms with E-state index in [1.165, 1.54) is 16.2 Å². The van der Waals surface area contributed by atoms with Gasteiger partial charge in [0, 0.05) is 14.1 Å². The maximum atomic E-state index is 11.6. The third-order valence-corrected chi connectivity index (χ3v) is 2.69. The van der Waals surface area contributed by atoms with Crippen molar-refractivity contribution in [1.82, 2.24) is 9.13 Å². The van der Waals surface area contributed by atoms with E-state index in [-0.39, 0.29) is 0 Å². The molecule has 0 N–H and O–H groups in total. The van der Waals surface area contributed by atoms with Crippen molar-refractivity contribution in [2.24, 2.45) is 14.1 Å². The first-order valence-corrected chi connectivity index (χ1v) is 4.80. The van der Waals surface area contributed by atoms with E-state index in [9.17, 15) is 9.59 Å². The molecule has 1 aromatic heterocycles. The zero-order valence-electron chi connectivity index (χ0n) is 9.35. The Labute approximate surface area is 91.5 Å². The summed E-state index contributed by atoms with van der Waals surface area (Å²) < 4.78 is 7.83. The van der Waals surface area contributed by atoms with Gasteiger partial charge in [-0.15, -0.1) is 0 Å². The molecule has 0 bridgehead atoms. The smallest absolute Gasteiger partial charge is 0.316 e. The predicted octanol–water partition coefficient (Wildman–Crippen LogP) is 0.246. The number of rotatable bonds is 1. The summed E-state index contributed by atoms with van der Waals surface area (Å²) in [5, 5.41) is 0. The molecule has 0 saturated heterocycles. The third-order valence-electron chi connectivity index (χ3n) is 2.69. The zero-order valence-corrected chi connectivity index (χ0v) is 9.35. The molecule has 0 spiro atoms. The largest absolute Gasteiger partial charge is 0.494 e. The average Bonchev–Trinajstić information content (AvgIpc) is 2.32. The van der Waals surface area contributed by atoms with E-state index in [1.54, 1.807) is 32.3 Å². The first kappa shape index (κ1) is 10.5. The molecular weight excluding hydrogens is 208 g/mol. The Morgan fingerprint density at radius 2 is 1.69 bits per heavy atom. The fourth-order valence-electron chi connectivity index (χ4n) is 1.78. The lowest BCUT2D eigenvalue weighted by Gasteiger charge is -2.11. The summed E-state index contributed by atoms with van der Waals surface area (Å²) in [5.74, 6) is 0.577. The number of fused-ring (bicyclic) bond motifs is 1. The Kier molecular flexibility index (Phi) is 2.30. The first-order valence-electron chi connectivity index (χ1n) is 4.80. The number of para-hydroxylation sites is 1. The molecule has 0 aliphatic heterocycles. The Bertz CT molecular complexity index is 667. The molecule has 0 aliphatic carbocycles. The van der Waals surface area contributed by atoms with Gasteiger partial charge in [0.1, 0.15) is 11.3 Å². The molecule has 0 unspecified atom stereocenters. The number of aryl methyl sites for hydroxylation is 2. The predicted molar refractivity (Wildman–Crippen MR) is 61.0 cm³/mol. The lowest BCUT2D eigenvalue weighted by Crippen LogP contribution is -2.39. The molecule has 5 heteroatoms. The van der Waals surface area contributed by atoms with E-state index in [2.05, 4.69) is 0 Å². The quantitative estimate of drug-likeness (QED) is 0.647. The maximum Gasteiger partial charge on any atom is 0.316 e. The Balaban J connectivity index is 3.15. The molecule has 0 fully saturated rings. The van der Waals surface area contributed by atoms with Crippen LogP contribution in [-0.4, -0.2) is 16.2 Å². The van der Waals surface area contributed by atoms with Crippen molar-refractivity contribution in [3.63, 3.8) is 0 Å². The van der Waals surface area contributed by atoms with E-state index in [1.807, 2.05) is 0 Å². The summed E-state index contributed by atoms with van der Waals surface area (Å²) in [6, 6.07) is 5.32. The SMILES string of the molecule is COc1cccc2c1n(C)c(=O)c(=O)n2C. The van der Waals surface area contributed by atoms with E-state index in [4.69, 9.17) is 4.74 Å². The second kappa shape index (κ2) is 3.52. The van der Waals surface area contributed by atoms with E-state index < -0.39 is 11.1 Å². The van der Waals surface area contributed by atoms with Crippen LogP contribution in [0.4, 0.5) is 0 Å². The van der Waals surface area contributed by atoms with Crippen LogP contribution in [0.5, 0.6) is 5.75 Å². The topological polar surface area (TPSA) is 53.2 Å². The molecule has 2 rings (SSSR count). The van der Waals surface area contributed by atoms with Crippen LogP contribution in [0, 0.1) is 0 Å². The average molecular weight is 220 g/mol. The van der Waals surface area contributed by atoms with Gasteiger partial charge in [0.2, 0.25) is 0 Å². The molecular formula is C11H12N2O3. The monoisotopic (exact) mass is 220 g/mol. The molecule has 5 nitrogen and oxygen atoms in total. The van der Waals surface area contributed by atoms with Gasteiger partial charge in [-0.3, -0.25) is 9.59 Å². The van der Waals surface area contributed by atoms with Crippen LogP contribution in [0.1, 0.15) is 0 Å². The Morgan fingerprint density at radius 1 is 1.06 bits per heavy atom. The lowest BCUT2D eigenvalue weighted by molar-refractivity contribution is 0.417. The number of hydrogen-bond donors (Lipinski definition) is 0. The molecule has 2 aromatic rings. The summed E-state index contributed by atoms with van der Waals surface area (Å²) in [5.41, 5.74) is 0.200. The van der Waals surface area contributed by atoms with Crippen LogP contribution in [0.3, 0.4) is 0 Å². The lowest BCUT2D eigenvalue weighted by atomic mass is 10.2. The molecule has 1 heterocycles. The van der Waals surface area contributed by atoms with Gasteiger partial charge in [-0.05, 0) is 12.1 Å². The third kappa shape index (κ3) is 1.25. The normalized spacial score (nSPS) is 10.7. The highest BCUT2D eigenvalue weighted by atomic mass is 16.5. The van der Waals surface area contributed by atoms with Gasteiger partial charge in [0.05, 0.1) is 12.6 Å². The van der Waals surface area contributed by atoms with Crippen LogP contribution in [-0.2, 0) is 14.1 Å². The van der Waals surface area contributed by atoms with Crippen LogP contribution >= 0.6 is 0 Å². The fourth-order valence-corrected chi connectivity index (χ4v) is 1.78. The molecule has 0 saturated carbocycles. The van der Waals surface area contributed by atoms with Crippen molar-refractivity contribution >= 4 is 11.0 Å². The van der Waals surface area contributed by atoms with Crippen molar-refractivity contribution < 1.29 is 4.74 Å². The van der Waals surface area contributed by atoms with Gasteiger partial charge in [-0.1, -0.05) is 6.07 Å². The molecule has 0 atom stereocenters. The summed E-state index contributed by atoms with van der Waals surface area (Å²) in [7, 11) is 4.67. The van der Waals surface area contributed by atoms with Gasteiger partial charge in [0.15, 0.2) is 0 Å². The zero-order chi connectivity index (χ0) is 11.9. The molecule has 84 valence electrons. The Morgan fingerprint density at radius 3 is 2.31 bits per heavy atom. The second-order valence-corrected chi connectivity index (χ2v) is 3.56. The van der Waals surface area contributed by atoms with Crippen molar-refractivity contribution in [3.8, 4) is 5.75 Å². The van der Waals surface area contributed by atoms with Gasteiger partial charge in [-0.2, -0.15) is 0 Å². The number of hydrogen-bond acceptors (Lipinski definition) is 3. The molecule has 0 aliphatic rings. The van der Waals surface area contributed by atoms with Gasteiger partial charge in [0.25, 0.3) is 0 Å². The number of methoxy groups -OCH3 is 1. The number of ether oxygens (including phenoxy) is 1. The van der Waals surface area contributed by atoms with Crippen LogP contribution in [0.15, 0.2) is 27.8 Å². The first-order chi connectivity index (χ1) is 7.57. The summed E-state index contributed by atoms with van der Waals surface area (Å²) in [6.45, 7) is 0. The fraction of sp³-hybridized carbons (Fsp3) is 0.273. The van der Waals surface area contributed by atoms with Crippen LogP contribution in [0.2, 0.25) is 0 Å². The Hall–Kier alpha value is -2.04. The number of benzene rings is 1. The minimum absolute atomic E-state index is 0.539. The summed E-state index contributed by atoms with van der Waals surface area (Å²) in [4.78, 5) is 23.2. The van der Waals surface area contributed by atoms with Gasteiger partial charge >= 0.3 is 11.1 Å². The van der Waals surface area contributed by atoms with Crippen molar-refractivity contribution in [1.29, 1.82) is 0 Å². The second-order valence-electron chi connectivity index (χ2n) is 3.56. The van der Waals surface area contributed by atoms with Crippen LogP contribution < -0.4 is 15.9 Å². The molecule has 1 aromatic carbocycles. The van der Waals surface area contributed by atoms with Crippen molar-refractivity contribution in [2.45, 2.75) is 0 Å². The molecule has 16 heavy (non-hydrogen) atoms. The van der Waals surface area contributed by atoms with Crippen molar-refractivity contribution in [3.05, 3.63) is 38.9 Å². The van der Waals surface area contributed by atoms with Crippen LogP contribution in [0.25, 0.3) is 11.0 Å².